The van der Waals surface area contributed by atoms with Gasteiger partial charge in [0, 0.05) is 24.7 Å². The van der Waals surface area contributed by atoms with Crippen molar-refractivity contribution in [3.05, 3.63) is 23.8 Å². The Hall–Kier alpha value is -1.75. The average molecular weight is 346 g/mol. The SMILES string of the molecule is COc1cc(C(=O)N2CCC[C@@H]2CN2CCCC2)ccc1OC(C)C. The molecule has 1 aromatic carbocycles. The number of benzene rings is 1. The Kier molecular flexibility index (Phi) is 5.84. The number of carbonyl (C=O) groups is 1. The molecule has 138 valence electrons. The van der Waals surface area contributed by atoms with E-state index in [-0.39, 0.29) is 12.0 Å². The van der Waals surface area contributed by atoms with Crippen LogP contribution in [0.1, 0.15) is 49.9 Å². The number of amides is 1. The molecule has 2 aliphatic rings. The van der Waals surface area contributed by atoms with Gasteiger partial charge >= 0.3 is 0 Å². The molecule has 2 heterocycles. The molecule has 0 bridgehead atoms. The standard InChI is InChI=1S/C20H30N2O3/c1-15(2)25-18-9-8-16(13-19(18)24-3)20(23)22-12-6-7-17(22)14-21-10-4-5-11-21/h8-9,13,15,17H,4-7,10-12,14H2,1-3H3/t17-/m1/s1. The van der Waals surface area contributed by atoms with Crippen LogP contribution in [-0.4, -0.2) is 61.1 Å². The van der Waals surface area contributed by atoms with Gasteiger partial charge in [-0.15, -0.1) is 0 Å². The van der Waals surface area contributed by atoms with Crippen LogP contribution in [-0.2, 0) is 0 Å². The van der Waals surface area contributed by atoms with Crippen LogP contribution in [0.4, 0.5) is 0 Å². The van der Waals surface area contributed by atoms with Crippen LogP contribution in [0.15, 0.2) is 18.2 Å². The van der Waals surface area contributed by atoms with Gasteiger partial charge in [0.05, 0.1) is 13.2 Å². The summed E-state index contributed by atoms with van der Waals surface area (Å²) in [4.78, 5) is 17.6. The highest BCUT2D eigenvalue weighted by Gasteiger charge is 2.31. The Balaban J connectivity index is 1.72. The zero-order valence-corrected chi connectivity index (χ0v) is 15.7. The first kappa shape index (κ1) is 18.1. The molecule has 25 heavy (non-hydrogen) atoms. The lowest BCUT2D eigenvalue weighted by atomic mass is 10.1. The summed E-state index contributed by atoms with van der Waals surface area (Å²) in [6, 6.07) is 5.85. The summed E-state index contributed by atoms with van der Waals surface area (Å²) in [6.45, 7) is 8.17. The molecule has 0 N–H and O–H groups in total. The highest BCUT2D eigenvalue weighted by atomic mass is 16.5. The van der Waals surface area contributed by atoms with Crippen molar-refractivity contribution in [3.8, 4) is 11.5 Å². The molecule has 3 rings (SSSR count). The topological polar surface area (TPSA) is 42.0 Å². The highest BCUT2D eigenvalue weighted by molar-refractivity contribution is 5.95. The maximum atomic E-state index is 13.0. The number of likely N-dealkylation sites (tertiary alicyclic amines) is 2. The van der Waals surface area contributed by atoms with Crippen LogP contribution in [0.25, 0.3) is 0 Å². The molecule has 0 spiro atoms. The number of ether oxygens (including phenoxy) is 2. The summed E-state index contributed by atoms with van der Waals surface area (Å²) in [6.07, 6.45) is 4.84. The van der Waals surface area contributed by atoms with Crippen LogP contribution >= 0.6 is 0 Å². The molecule has 5 nitrogen and oxygen atoms in total. The zero-order chi connectivity index (χ0) is 17.8. The molecule has 0 aromatic heterocycles. The summed E-state index contributed by atoms with van der Waals surface area (Å²) < 4.78 is 11.2. The van der Waals surface area contributed by atoms with Gasteiger partial charge in [-0.1, -0.05) is 0 Å². The summed E-state index contributed by atoms with van der Waals surface area (Å²) >= 11 is 0. The Morgan fingerprint density at radius 2 is 1.92 bits per heavy atom. The minimum absolute atomic E-state index is 0.0684. The third-order valence-corrected chi connectivity index (χ3v) is 5.08. The molecule has 5 heteroatoms. The number of hydrogen-bond acceptors (Lipinski definition) is 4. The molecule has 0 unspecified atom stereocenters. The first-order valence-electron chi connectivity index (χ1n) is 9.46. The summed E-state index contributed by atoms with van der Waals surface area (Å²) in [5.74, 6) is 1.41. The van der Waals surface area contributed by atoms with Crippen molar-refractivity contribution in [3.63, 3.8) is 0 Å². The van der Waals surface area contributed by atoms with Gasteiger partial charge in [0.15, 0.2) is 11.5 Å². The lowest BCUT2D eigenvalue weighted by Gasteiger charge is -2.28. The van der Waals surface area contributed by atoms with E-state index in [0.29, 0.717) is 23.1 Å². The molecule has 2 fully saturated rings. The van der Waals surface area contributed by atoms with Crippen LogP contribution < -0.4 is 9.47 Å². The predicted molar refractivity (Wildman–Crippen MR) is 98.5 cm³/mol. The Labute approximate surface area is 150 Å². The summed E-state index contributed by atoms with van der Waals surface area (Å²) in [5, 5.41) is 0. The second-order valence-electron chi connectivity index (χ2n) is 7.33. The van der Waals surface area contributed by atoms with Crippen LogP contribution in [0.3, 0.4) is 0 Å². The van der Waals surface area contributed by atoms with Crippen molar-refractivity contribution in [2.24, 2.45) is 0 Å². The van der Waals surface area contributed by atoms with Gasteiger partial charge in [-0.05, 0) is 70.8 Å². The average Bonchev–Trinajstić information content (AvgIpc) is 3.26. The van der Waals surface area contributed by atoms with Gasteiger partial charge in [-0.25, -0.2) is 0 Å². The molecule has 1 amide bonds. The zero-order valence-electron chi connectivity index (χ0n) is 15.7. The molecule has 0 radical (unpaired) electrons. The van der Waals surface area contributed by atoms with Gasteiger partial charge in [-0.2, -0.15) is 0 Å². The van der Waals surface area contributed by atoms with Crippen molar-refractivity contribution in [1.82, 2.24) is 9.80 Å². The number of nitrogens with zero attached hydrogens (tertiary/aromatic N) is 2. The fraction of sp³-hybridized carbons (Fsp3) is 0.650. The Morgan fingerprint density at radius 1 is 1.16 bits per heavy atom. The third-order valence-electron chi connectivity index (χ3n) is 5.08. The van der Waals surface area contributed by atoms with E-state index in [1.165, 1.54) is 25.9 Å². The minimum atomic E-state index is 0.0684. The third kappa shape index (κ3) is 4.27. The molecule has 2 aliphatic heterocycles. The normalized spacial score (nSPS) is 21.1. The second kappa shape index (κ2) is 8.09. The van der Waals surface area contributed by atoms with E-state index in [4.69, 9.17) is 9.47 Å². The number of rotatable bonds is 6. The molecule has 0 aliphatic carbocycles. The summed E-state index contributed by atoms with van der Waals surface area (Å²) in [5.41, 5.74) is 0.682. The van der Waals surface area contributed by atoms with E-state index in [9.17, 15) is 4.79 Å². The lowest BCUT2D eigenvalue weighted by molar-refractivity contribution is 0.0708. The van der Waals surface area contributed by atoms with Gasteiger partial charge in [0.25, 0.3) is 5.91 Å². The Morgan fingerprint density at radius 3 is 2.60 bits per heavy atom. The van der Waals surface area contributed by atoms with Crippen molar-refractivity contribution < 1.29 is 14.3 Å². The van der Waals surface area contributed by atoms with Crippen LogP contribution in [0.5, 0.6) is 11.5 Å². The molecular weight excluding hydrogens is 316 g/mol. The molecule has 1 aromatic rings. The van der Waals surface area contributed by atoms with E-state index in [1.54, 1.807) is 7.11 Å². The van der Waals surface area contributed by atoms with Gasteiger partial charge < -0.3 is 19.3 Å². The summed E-state index contributed by atoms with van der Waals surface area (Å²) in [7, 11) is 1.61. The molecular formula is C20H30N2O3. The first-order valence-corrected chi connectivity index (χ1v) is 9.46. The smallest absolute Gasteiger partial charge is 0.254 e. The van der Waals surface area contributed by atoms with Crippen LogP contribution in [0.2, 0.25) is 0 Å². The van der Waals surface area contributed by atoms with Gasteiger partial charge in [0.2, 0.25) is 0 Å². The number of hydrogen-bond donors (Lipinski definition) is 0. The van der Waals surface area contributed by atoms with Crippen molar-refractivity contribution in [2.75, 3.05) is 33.3 Å². The lowest BCUT2D eigenvalue weighted by Crippen LogP contribution is -2.42. The fourth-order valence-electron chi connectivity index (χ4n) is 3.87. The van der Waals surface area contributed by atoms with E-state index < -0.39 is 0 Å². The van der Waals surface area contributed by atoms with Gasteiger partial charge in [-0.3, -0.25) is 4.79 Å². The largest absolute Gasteiger partial charge is 0.493 e. The maximum absolute atomic E-state index is 13.0. The predicted octanol–water partition coefficient (Wildman–Crippen LogP) is 3.18. The van der Waals surface area contributed by atoms with Gasteiger partial charge in [0.1, 0.15) is 0 Å². The maximum Gasteiger partial charge on any atom is 0.254 e. The van der Waals surface area contributed by atoms with Crippen molar-refractivity contribution in [2.45, 2.75) is 51.7 Å². The van der Waals surface area contributed by atoms with E-state index >= 15 is 0 Å². The van der Waals surface area contributed by atoms with Crippen LogP contribution in [0, 0.1) is 0 Å². The molecule has 0 saturated carbocycles. The Bertz CT molecular complexity index is 597. The fourth-order valence-corrected chi connectivity index (χ4v) is 3.87. The van der Waals surface area contributed by atoms with E-state index in [2.05, 4.69) is 9.80 Å². The first-order chi connectivity index (χ1) is 12.1. The quantitative estimate of drug-likeness (QED) is 0.793. The van der Waals surface area contributed by atoms with E-state index in [0.717, 1.165) is 25.9 Å². The van der Waals surface area contributed by atoms with Crippen molar-refractivity contribution in [1.29, 1.82) is 0 Å². The molecule has 2 saturated heterocycles. The monoisotopic (exact) mass is 346 g/mol. The number of methoxy groups -OCH3 is 1. The number of carbonyl (C=O) groups excluding carboxylic acids is 1. The molecule has 1 atom stereocenters. The van der Waals surface area contributed by atoms with Crippen molar-refractivity contribution >= 4 is 5.91 Å². The minimum Gasteiger partial charge on any atom is -0.493 e. The highest BCUT2D eigenvalue weighted by Crippen LogP contribution is 2.30. The van der Waals surface area contributed by atoms with E-state index in [1.807, 2.05) is 32.0 Å². The second-order valence-corrected chi connectivity index (χ2v) is 7.33.